The fraction of sp³-hybridized carbons (Fsp3) is 1.00. The molecule has 2 nitrogen and oxygen atoms in total. The molecule has 0 aliphatic carbocycles. The minimum Gasteiger partial charge on any atom is -0.249 e. The maximum absolute atomic E-state index is 4.37. The summed E-state index contributed by atoms with van der Waals surface area (Å²) in [5.74, 6) is 0. The van der Waals surface area contributed by atoms with Gasteiger partial charge in [-0.1, -0.05) is 0 Å². The van der Waals surface area contributed by atoms with Gasteiger partial charge in [0.1, 0.15) is 0 Å². The number of hydrogen-bond donors (Lipinski definition) is 0. The third kappa shape index (κ3) is 4.06. The molecule has 0 saturated heterocycles. The first-order valence-electron chi connectivity index (χ1n) is 1.40. The van der Waals surface area contributed by atoms with E-state index in [1.165, 1.54) is 0 Å². The highest BCUT2D eigenvalue weighted by atomic mass is 31.0. The van der Waals surface area contributed by atoms with Crippen LogP contribution in [0.15, 0.2) is 4.91 Å². The molecule has 0 saturated carbocycles. The average Bonchev–Trinajstić information content (AvgIpc) is 1.41. The van der Waals surface area contributed by atoms with Gasteiger partial charge in [-0.3, -0.25) is 0 Å². The second kappa shape index (κ2) is 4.06. The maximum Gasteiger partial charge on any atom is 0.0746 e. The summed E-state index contributed by atoms with van der Waals surface area (Å²) in [6, 6.07) is 0. The molecule has 0 aromatic rings. The highest BCUT2D eigenvalue weighted by molar-refractivity contribution is 7.03. The van der Waals surface area contributed by atoms with Crippen LogP contribution in [0.5, 0.6) is 0 Å². The first kappa shape index (κ1) is 5.06. The molecule has 0 spiro atoms. The summed E-state index contributed by atoms with van der Waals surface area (Å²) in [5, 5.41) is 0. The van der Waals surface area contributed by atoms with Crippen molar-refractivity contribution in [2.75, 3.05) is 6.61 Å². The van der Waals surface area contributed by atoms with Crippen LogP contribution in [0, 0.1) is 0 Å². The van der Waals surface area contributed by atoms with E-state index in [1.807, 2.05) is 6.92 Å². The Morgan fingerprint density at radius 3 is 2.60 bits per heavy atom. The van der Waals surface area contributed by atoms with E-state index in [0.717, 1.165) is 0 Å². The van der Waals surface area contributed by atoms with Crippen LogP contribution in [0.1, 0.15) is 6.92 Å². The molecule has 5 heavy (non-hydrogen) atoms. The predicted molar refractivity (Wildman–Crippen MR) is 22.4 cm³/mol. The molecule has 0 radical (unpaired) electrons. The highest BCUT2D eigenvalue weighted by Crippen LogP contribution is 1.73. The van der Waals surface area contributed by atoms with Gasteiger partial charge in [0.15, 0.2) is 0 Å². The van der Waals surface area contributed by atoms with Crippen LogP contribution < -0.4 is 0 Å². The quantitative estimate of drug-likeness (QED) is 0.370. The summed E-state index contributed by atoms with van der Waals surface area (Å²) in [6.45, 7) is 2.49. The summed E-state index contributed by atoms with van der Waals surface area (Å²) in [5.41, 5.74) is 0. The third-order valence-corrected chi connectivity index (χ3v) is 0.323. The monoisotopic (exact) mass is 91.0 g/mol. The van der Waals surface area contributed by atoms with Crippen molar-refractivity contribution in [1.29, 1.82) is 0 Å². The largest absolute Gasteiger partial charge is 0.249 e. The molecule has 0 atom stereocenters. The van der Waals surface area contributed by atoms with Gasteiger partial charge >= 0.3 is 0 Å². The van der Waals surface area contributed by atoms with Gasteiger partial charge in [0.25, 0.3) is 0 Å². The lowest BCUT2D eigenvalue weighted by Gasteiger charge is -1.77. The molecule has 0 unspecified atom stereocenters. The van der Waals surface area contributed by atoms with Crippen molar-refractivity contribution >= 4 is 9.03 Å². The Bertz CT molecular complexity index is 30.8. The lowest BCUT2D eigenvalue weighted by atomic mass is 10.9. The maximum atomic E-state index is 4.37. The van der Waals surface area contributed by atoms with Crippen LogP contribution in [-0.4, -0.2) is 6.61 Å². The van der Waals surface area contributed by atoms with Crippen molar-refractivity contribution in [2.45, 2.75) is 6.92 Å². The van der Waals surface area contributed by atoms with E-state index in [9.17, 15) is 0 Å². The molecule has 3 heteroatoms. The fourth-order valence-electron chi connectivity index (χ4n) is 0.0645. The van der Waals surface area contributed by atoms with Gasteiger partial charge < -0.3 is 0 Å². The molecular weight excluding hydrogens is 85.0 g/mol. The van der Waals surface area contributed by atoms with E-state index in [1.54, 1.807) is 0 Å². The SMILES string of the molecule is CCON=P. The van der Waals surface area contributed by atoms with E-state index in [-0.39, 0.29) is 0 Å². The number of nitrogens with zero attached hydrogens (tertiary/aromatic N) is 1. The first-order chi connectivity index (χ1) is 2.41. The second-order valence-corrected chi connectivity index (χ2v) is 0.692. The van der Waals surface area contributed by atoms with Gasteiger partial charge in [0.05, 0.1) is 6.61 Å². The molecule has 0 heterocycles. The average molecular weight is 91.0 g/mol. The Morgan fingerprint density at radius 1 is 2.00 bits per heavy atom. The topological polar surface area (TPSA) is 21.6 Å². The van der Waals surface area contributed by atoms with Crippen LogP contribution in [-0.2, 0) is 4.84 Å². The van der Waals surface area contributed by atoms with Crippen LogP contribution in [0.25, 0.3) is 0 Å². The normalized spacial score (nSPS) is 7.40. The molecule has 0 aromatic heterocycles. The van der Waals surface area contributed by atoms with E-state index < -0.39 is 0 Å². The van der Waals surface area contributed by atoms with Gasteiger partial charge in [0.2, 0.25) is 0 Å². The van der Waals surface area contributed by atoms with Gasteiger partial charge in [-0.15, -0.1) is 4.91 Å². The highest BCUT2D eigenvalue weighted by Gasteiger charge is 1.59. The molecule has 0 aliphatic rings. The van der Waals surface area contributed by atoms with Crippen molar-refractivity contribution in [3.8, 4) is 0 Å². The number of hydrogen-bond acceptors (Lipinski definition) is 2. The summed E-state index contributed by atoms with van der Waals surface area (Å²) >= 11 is 0. The van der Waals surface area contributed by atoms with E-state index >= 15 is 0 Å². The van der Waals surface area contributed by atoms with Crippen molar-refractivity contribution in [3.05, 3.63) is 0 Å². The Kier molecular flexibility index (Phi) is 4.11. The predicted octanol–water partition coefficient (Wildman–Crippen LogP) is 1.26. The molecule has 0 N–H and O–H groups in total. The minimum atomic E-state index is 0.628. The molecule has 0 bridgehead atoms. The lowest BCUT2D eigenvalue weighted by molar-refractivity contribution is 0.166. The summed E-state index contributed by atoms with van der Waals surface area (Å²) in [7, 11) is 2.75. The Balaban J connectivity index is 2.40. The summed E-state index contributed by atoms with van der Waals surface area (Å²) < 4.78 is 0. The van der Waals surface area contributed by atoms with Gasteiger partial charge in [-0.25, -0.2) is 4.84 Å². The molecular formula is C2H6NOP. The van der Waals surface area contributed by atoms with Crippen molar-refractivity contribution in [3.63, 3.8) is 0 Å². The van der Waals surface area contributed by atoms with Crippen LogP contribution in [0.4, 0.5) is 0 Å². The zero-order chi connectivity index (χ0) is 4.12. The smallest absolute Gasteiger partial charge is 0.0746 e. The molecule has 0 rings (SSSR count). The number of rotatable bonds is 2. The van der Waals surface area contributed by atoms with Crippen molar-refractivity contribution in [1.82, 2.24) is 0 Å². The standard InChI is InChI=1S/C2H6NOP/c1-2-4-3-5/h5H,2H2,1H3. The van der Waals surface area contributed by atoms with E-state index in [4.69, 9.17) is 0 Å². The third-order valence-electron chi connectivity index (χ3n) is 0.194. The van der Waals surface area contributed by atoms with Gasteiger partial charge in [-0.2, -0.15) is 0 Å². The van der Waals surface area contributed by atoms with Crippen LogP contribution in [0.3, 0.4) is 0 Å². The first-order valence-corrected chi connectivity index (χ1v) is 1.85. The Morgan fingerprint density at radius 2 is 2.60 bits per heavy atom. The zero-order valence-electron chi connectivity index (χ0n) is 3.06. The summed E-state index contributed by atoms with van der Waals surface area (Å²) in [4.78, 5) is 7.53. The second-order valence-electron chi connectivity index (χ2n) is 0.509. The molecule has 30 valence electrons. The van der Waals surface area contributed by atoms with Crippen LogP contribution in [0.2, 0.25) is 0 Å². The Hall–Kier alpha value is 0.0600. The van der Waals surface area contributed by atoms with Gasteiger partial charge in [-0.05, 0) is 6.92 Å². The lowest BCUT2D eigenvalue weighted by Crippen LogP contribution is -1.70. The molecule has 0 aromatic carbocycles. The molecule has 0 fully saturated rings. The summed E-state index contributed by atoms with van der Waals surface area (Å²) in [6.07, 6.45) is 0. The molecule has 0 aliphatic heterocycles. The van der Waals surface area contributed by atoms with E-state index in [2.05, 4.69) is 18.8 Å². The zero-order valence-corrected chi connectivity index (χ0v) is 4.06. The van der Waals surface area contributed by atoms with Crippen LogP contribution >= 0.6 is 9.03 Å². The van der Waals surface area contributed by atoms with E-state index in [0.29, 0.717) is 6.61 Å². The molecule has 0 amide bonds. The van der Waals surface area contributed by atoms with Crippen molar-refractivity contribution < 1.29 is 4.84 Å². The Labute approximate surface area is 33.4 Å². The van der Waals surface area contributed by atoms with Gasteiger partial charge in [0, 0.05) is 9.03 Å². The van der Waals surface area contributed by atoms with Crippen molar-refractivity contribution in [2.24, 2.45) is 4.91 Å². The fourth-order valence-corrected chi connectivity index (χ4v) is 0.194. The minimum absolute atomic E-state index is 0.628.